The van der Waals surface area contributed by atoms with E-state index in [0.717, 1.165) is 5.52 Å². The van der Waals surface area contributed by atoms with Crippen LogP contribution in [0.2, 0.25) is 0 Å². The zero-order valence-electron chi connectivity index (χ0n) is 8.78. The zero-order chi connectivity index (χ0) is 10.1. The number of aromatic nitrogens is 2. The molecule has 14 heavy (non-hydrogen) atoms. The Hall–Kier alpha value is -1.44. The van der Waals surface area contributed by atoms with Crippen LogP contribution in [-0.4, -0.2) is 10.2 Å². The molecule has 72 valence electrons. The first-order chi connectivity index (χ1) is 6.70. The van der Waals surface area contributed by atoms with Crippen molar-refractivity contribution in [3.8, 4) is 0 Å². The number of fused-ring (bicyclic) bond motifs is 1. The SMILES string of the molecule is Cc1ccc(C(C)C)c2nnccc12. The first-order valence-corrected chi connectivity index (χ1v) is 4.91. The van der Waals surface area contributed by atoms with E-state index in [2.05, 4.69) is 43.1 Å². The Kier molecular flexibility index (Phi) is 2.20. The van der Waals surface area contributed by atoms with E-state index < -0.39 is 0 Å². The summed E-state index contributed by atoms with van der Waals surface area (Å²) in [7, 11) is 0. The van der Waals surface area contributed by atoms with Crippen molar-refractivity contribution in [2.24, 2.45) is 0 Å². The summed E-state index contributed by atoms with van der Waals surface area (Å²) in [6, 6.07) is 6.33. The predicted molar refractivity (Wildman–Crippen MR) is 58.4 cm³/mol. The maximum atomic E-state index is 4.21. The van der Waals surface area contributed by atoms with Gasteiger partial charge in [0.15, 0.2) is 0 Å². The zero-order valence-corrected chi connectivity index (χ0v) is 8.78. The third-order valence-corrected chi connectivity index (χ3v) is 2.55. The van der Waals surface area contributed by atoms with Gasteiger partial charge in [-0.05, 0) is 30.0 Å². The number of rotatable bonds is 1. The van der Waals surface area contributed by atoms with Crippen LogP contribution in [0.1, 0.15) is 30.9 Å². The molecule has 0 N–H and O–H groups in total. The van der Waals surface area contributed by atoms with Crippen LogP contribution < -0.4 is 0 Å². The average Bonchev–Trinajstić information content (AvgIpc) is 2.18. The van der Waals surface area contributed by atoms with Gasteiger partial charge < -0.3 is 0 Å². The molecule has 1 aromatic carbocycles. The minimum Gasteiger partial charge on any atom is -0.159 e. The maximum Gasteiger partial charge on any atom is 0.0966 e. The molecule has 0 atom stereocenters. The van der Waals surface area contributed by atoms with Gasteiger partial charge >= 0.3 is 0 Å². The molecular formula is C12H14N2. The van der Waals surface area contributed by atoms with Gasteiger partial charge in [-0.2, -0.15) is 10.2 Å². The molecule has 0 saturated carbocycles. The highest BCUT2D eigenvalue weighted by Crippen LogP contribution is 2.25. The molecule has 2 rings (SSSR count). The van der Waals surface area contributed by atoms with Crippen molar-refractivity contribution in [3.05, 3.63) is 35.5 Å². The first kappa shape index (κ1) is 9.13. The molecule has 1 aromatic heterocycles. The molecule has 0 aliphatic rings. The summed E-state index contributed by atoms with van der Waals surface area (Å²) in [5.41, 5.74) is 3.58. The van der Waals surface area contributed by atoms with Crippen LogP contribution >= 0.6 is 0 Å². The molecule has 0 aliphatic heterocycles. The largest absolute Gasteiger partial charge is 0.159 e. The fourth-order valence-corrected chi connectivity index (χ4v) is 1.71. The average molecular weight is 186 g/mol. The Bertz CT molecular complexity index is 461. The summed E-state index contributed by atoms with van der Waals surface area (Å²) in [4.78, 5) is 0. The van der Waals surface area contributed by atoms with Crippen molar-refractivity contribution < 1.29 is 0 Å². The Morgan fingerprint density at radius 2 is 1.93 bits per heavy atom. The standard InChI is InChI=1S/C12H14N2/c1-8(2)10-5-4-9(3)11-6-7-13-14-12(10)11/h4-8H,1-3H3. The summed E-state index contributed by atoms with van der Waals surface area (Å²) in [6.07, 6.45) is 1.75. The van der Waals surface area contributed by atoms with E-state index in [1.165, 1.54) is 16.5 Å². The Morgan fingerprint density at radius 3 is 2.64 bits per heavy atom. The van der Waals surface area contributed by atoms with Crippen LogP contribution in [0.15, 0.2) is 24.4 Å². The fraction of sp³-hybridized carbons (Fsp3) is 0.333. The molecule has 2 heteroatoms. The van der Waals surface area contributed by atoms with E-state index >= 15 is 0 Å². The van der Waals surface area contributed by atoms with Gasteiger partial charge in [0, 0.05) is 5.39 Å². The molecule has 0 unspecified atom stereocenters. The summed E-state index contributed by atoms with van der Waals surface area (Å²) >= 11 is 0. The van der Waals surface area contributed by atoms with E-state index in [1.54, 1.807) is 6.20 Å². The van der Waals surface area contributed by atoms with Crippen LogP contribution in [-0.2, 0) is 0 Å². The molecule has 0 aliphatic carbocycles. The highest BCUT2D eigenvalue weighted by atomic mass is 15.1. The van der Waals surface area contributed by atoms with Crippen molar-refractivity contribution in [3.63, 3.8) is 0 Å². The number of aryl methyl sites for hydroxylation is 1. The lowest BCUT2D eigenvalue weighted by Gasteiger charge is -2.09. The Labute approximate surface area is 84.0 Å². The van der Waals surface area contributed by atoms with Crippen molar-refractivity contribution >= 4 is 10.9 Å². The van der Waals surface area contributed by atoms with E-state index in [-0.39, 0.29) is 0 Å². The van der Waals surface area contributed by atoms with Gasteiger partial charge in [-0.1, -0.05) is 26.0 Å². The second-order valence-corrected chi connectivity index (χ2v) is 3.92. The molecule has 0 saturated heterocycles. The Morgan fingerprint density at radius 1 is 1.14 bits per heavy atom. The predicted octanol–water partition coefficient (Wildman–Crippen LogP) is 3.06. The number of nitrogens with zero attached hydrogens (tertiary/aromatic N) is 2. The quantitative estimate of drug-likeness (QED) is 0.684. The van der Waals surface area contributed by atoms with Crippen LogP contribution in [0.25, 0.3) is 10.9 Å². The second-order valence-electron chi connectivity index (χ2n) is 3.92. The van der Waals surface area contributed by atoms with Gasteiger partial charge in [0.05, 0.1) is 11.7 Å². The highest BCUT2D eigenvalue weighted by molar-refractivity contribution is 5.84. The molecule has 0 spiro atoms. The number of hydrogen-bond donors (Lipinski definition) is 0. The molecule has 0 bridgehead atoms. The summed E-state index contributed by atoms with van der Waals surface area (Å²) in [5.74, 6) is 0.495. The smallest absolute Gasteiger partial charge is 0.0966 e. The maximum absolute atomic E-state index is 4.21. The topological polar surface area (TPSA) is 25.8 Å². The highest BCUT2D eigenvalue weighted by Gasteiger charge is 2.07. The lowest BCUT2D eigenvalue weighted by Crippen LogP contribution is -1.94. The first-order valence-electron chi connectivity index (χ1n) is 4.91. The lowest BCUT2D eigenvalue weighted by atomic mass is 9.98. The van der Waals surface area contributed by atoms with Crippen LogP contribution in [0.3, 0.4) is 0 Å². The van der Waals surface area contributed by atoms with Crippen molar-refractivity contribution in [2.75, 3.05) is 0 Å². The van der Waals surface area contributed by atoms with Gasteiger partial charge in [0.2, 0.25) is 0 Å². The Balaban J connectivity index is 2.82. The van der Waals surface area contributed by atoms with Crippen LogP contribution in [0.4, 0.5) is 0 Å². The minimum atomic E-state index is 0.495. The number of hydrogen-bond acceptors (Lipinski definition) is 2. The van der Waals surface area contributed by atoms with Gasteiger partial charge in [0.1, 0.15) is 0 Å². The lowest BCUT2D eigenvalue weighted by molar-refractivity contribution is 0.867. The van der Waals surface area contributed by atoms with E-state index in [0.29, 0.717) is 5.92 Å². The van der Waals surface area contributed by atoms with Crippen molar-refractivity contribution in [1.29, 1.82) is 0 Å². The molecule has 0 amide bonds. The van der Waals surface area contributed by atoms with E-state index in [9.17, 15) is 0 Å². The molecule has 0 radical (unpaired) electrons. The van der Waals surface area contributed by atoms with Crippen LogP contribution in [0.5, 0.6) is 0 Å². The second kappa shape index (κ2) is 3.37. The molecule has 2 nitrogen and oxygen atoms in total. The normalized spacial score (nSPS) is 11.1. The third-order valence-electron chi connectivity index (χ3n) is 2.55. The van der Waals surface area contributed by atoms with Crippen molar-refractivity contribution in [2.45, 2.75) is 26.7 Å². The van der Waals surface area contributed by atoms with Gasteiger partial charge in [-0.3, -0.25) is 0 Å². The monoisotopic (exact) mass is 186 g/mol. The van der Waals surface area contributed by atoms with Gasteiger partial charge in [0.25, 0.3) is 0 Å². The molecule has 0 fully saturated rings. The van der Waals surface area contributed by atoms with Gasteiger partial charge in [-0.25, -0.2) is 0 Å². The summed E-state index contributed by atoms with van der Waals surface area (Å²) < 4.78 is 0. The summed E-state index contributed by atoms with van der Waals surface area (Å²) in [5, 5.41) is 9.37. The van der Waals surface area contributed by atoms with E-state index in [1.807, 2.05) is 6.07 Å². The van der Waals surface area contributed by atoms with Crippen molar-refractivity contribution in [1.82, 2.24) is 10.2 Å². The van der Waals surface area contributed by atoms with Crippen LogP contribution in [0, 0.1) is 6.92 Å². The minimum absolute atomic E-state index is 0.495. The van der Waals surface area contributed by atoms with E-state index in [4.69, 9.17) is 0 Å². The van der Waals surface area contributed by atoms with Gasteiger partial charge in [-0.15, -0.1) is 0 Å². The molecular weight excluding hydrogens is 172 g/mol. The molecule has 1 heterocycles. The third kappa shape index (κ3) is 1.37. The fourth-order valence-electron chi connectivity index (χ4n) is 1.71. The molecule has 2 aromatic rings. The summed E-state index contributed by atoms with van der Waals surface area (Å²) in [6.45, 7) is 6.46. The number of benzene rings is 1.